The molecule has 0 aliphatic rings. The lowest BCUT2D eigenvalue weighted by atomic mass is 9.99. The third-order valence-electron chi connectivity index (χ3n) is 4.18. The number of pyridine rings is 1. The van der Waals surface area contributed by atoms with E-state index in [0.717, 1.165) is 33.6 Å². The van der Waals surface area contributed by atoms with Gasteiger partial charge in [0.15, 0.2) is 11.4 Å². The molecule has 0 amide bonds. The Labute approximate surface area is 148 Å². The average molecular weight is 339 g/mol. The number of aromatic amines is 1. The number of fused-ring (bicyclic) bond motifs is 1. The number of nitrogens with one attached hydrogen (secondary N) is 1. The maximum Gasteiger partial charge on any atom is 0.246 e. The number of H-pyrrole nitrogens is 1. The number of nitrogens with zero attached hydrogens (tertiary/aromatic N) is 4. The first kappa shape index (κ1) is 14.5. The van der Waals surface area contributed by atoms with Crippen LogP contribution >= 0.6 is 0 Å². The van der Waals surface area contributed by atoms with Crippen molar-refractivity contribution in [2.24, 2.45) is 0 Å². The molecule has 3 heterocycles. The monoisotopic (exact) mass is 339 g/mol. The van der Waals surface area contributed by atoms with E-state index in [0.29, 0.717) is 11.6 Å². The van der Waals surface area contributed by atoms with Gasteiger partial charge in [-0.2, -0.15) is 5.10 Å². The molecule has 0 spiro atoms. The molecular formula is C20H13N5O. The van der Waals surface area contributed by atoms with E-state index in [2.05, 4.69) is 25.1 Å². The van der Waals surface area contributed by atoms with Crippen LogP contribution in [-0.2, 0) is 0 Å². The van der Waals surface area contributed by atoms with Crippen molar-refractivity contribution >= 4 is 11.1 Å². The highest BCUT2D eigenvalue weighted by atomic mass is 16.3. The number of oxazole rings is 1. The second kappa shape index (κ2) is 5.93. The zero-order valence-corrected chi connectivity index (χ0v) is 13.6. The summed E-state index contributed by atoms with van der Waals surface area (Å²) in [7, 11) is 0. The normalized spacial score (nSPS) is 11.1. The minimum atomic E-state index is 0.505. The van der Waals surface area contributed by atoms with Gasteiger partial charge in [0.2, 0.25) is 5.89 Å². The summed E-state index contributed by atoms with van der Waals surface area (Å²) in [5.41, 5.74) is 5.26. The van der Waals surface area contributed by atoms with Crippen LogP contribution in [0.2, 0.25) is 0 Å². The number of rotatable bonds is 3. The minimum absolute atomic E-state index is 0.505. The third kappa shape index (κ3) is 2.44. The third-order valence-corrected chi connectivity index (χ3v) is 4.18. The standard InChI is InChI=1S/C20H13N5O/c1-2-6-15(19-22-12-23-25-19)14(5-1)13-9-10-21-17(11-13)20-24-16-7-3-4-8-18(16)26-20/h1-12H,(H,22,23,25). The van der Waals surface area contributed by atoms with Crippen molar-refractivity contribution in [2.45, 2.75) is 0 Å². The lowest BCUT2D eigenvalue weighted by molar-refractivity contribution is 0.617. The number of aromatic nitrogens is 5. The van der Waals surface area contributed by atoms with Crippen LogP contribution in [0.4, 0.5) is 0 Å². The molecule has 124 valence electrons. The quantitative estimate of drug-likeness (QED) is 0.529. The molecule has 1 N–H and O–H groups in total. The van der Waals surface area contributed by atoms with Crippen LogP contribution in [0.15, 0.2) is 77.6 Å². The first-order chi connectivity index (χ1) is 12.9. The number of hydrogen-bond donors (Lipinski definition) is 1. The predicted octanol–water partition coefficient (Wildman–Crippen LogP) is 4.34. The van der Waals surface area contributed by atoms with Crippen molar-refractivity contribution in [2.75, 3.05) is 0 Å². The Hall–Kier alpha value is -3.80. The van der Waals surface area contributed by atoms with Crippen LogP contribution in [-0.4, -0.2) is 25.1 Å². The van der Waals surface area contributed by atoms with Crippen molar-refractivity contribution in [1.82, 2.24) is 25.1 Å². The van der Waals surface area contributed by atoms with E-state index in [9.17, 15) is 0 Å². The second-order valence-electron chi connectivity index (χ2n) is 5.80. The molecule has 0 aliphatic carbocycles. The Balaban J connectivity index is 1.63. The van der Waals surface area contributed by atoms with Crippen molar-refractivity contribution in [1.29, 1.82) is 0 Å². The Kier molecular flexibility index (Phi) is 3.31. The van der Waals surface area contributed by atoms with E-state index < -0.39 is 0 Å². The van der Waals surface area contributed by atoms with E-state index in [-0.39, 0.29) is 0 Å². The molecule has 2 aromatic carbocycles. The fourth-order valence-corrected chi connectivity index (χ4v) is 2.97. The number of benzene rings is 2. The zero-order valence-electron chi connectivity index (χ0n) is 13.6. The molecule has 0 bridgehead atoms. The fraction of sp³-hybridized carbons (Fsp3) is 0. The summed E-state index contributed by atoms with van der Waals surface area (Å²) in [6.07, 6.45) is 3.26. The highest BCUT2D eigenvalue weighted by molar-refractivity contribution is 5.82. The van der Waals surface area contributed by atoms with Gasteiger partial charge < -0.3 is 4.42 Å². The second-order valence-corrected chi connectivity index (χ2v) is 5.80. The summed E-state index contributed by atoms with van der Waals surface area (Å²) in [6.45, 7) is 0. The summed E-state index contributed by atoms with van der Waals surface area (Å²) >= 11 is 0. The van der Waals surface area contributed by atoms with Crippen molar-refractivity contribution in [3.63, 3.8) is 0 Å². The number of para-hydroxylation sites is 2. The summed E-state index contributed by atoms with van der Waals surface area (Å²) in [5, 5.41) is 6.87. The highest BCUT2D eigenvalue weighted by Crippen LogP contribution is 2.32. The minimum Gasteiger partial charge on any atom is -0.435 e. The molecule has 0 unspecified atom stereocenters. The molecule has 6 nitrogen and oxygen atoms in total. The number of hydrogen-bond acceptors (Lipinski definition) is 5. The molecular weight excluding hydrogens is 326 g/mol. The van der Waals surface area contributed by atoms with Gasteiger partial charge in [0, 0.05) is 11.8 Å². The molecule has 0 atom stereocenters. The van der Waals surface area contributed by atoms with Gasteiger partial charge in [-0.3, -0.25) is 10.1 Å². The topological polar surface area (TPSA) is 80.5 Å². The maximum absolute atomic E-state index is 5.85. The molecule has 0 radical (unpaired) electrons. The zero-order chi connectivity index (χ0) is 17.3. The molecule has 0 aliphatic heterocycles. The van der Waals surface area contributed by atoms with Gasteiger partial charge in [-0.05, 0) is 35.4 Å². The Morgan fingerprint density at radius 1 is 0.846 bits per heavy atom. The van der Waals surface area contributed by atoms with Crippen LogP contribution in [0, 0.1) is 0 Å². The fourth-order valence-electron chi connectivity index (χ4n) is 2.97. The molecule has 3 aromatic heterocycles. The van der Waals surface area contributed by atoms with E-state index >= 15 is 0 Å². The maximum atomic E-state index is 5.85. The highest BCUT2D eigenvalue weighted by Gasteiger charge is 2.13. The van der Waals surface area contributed by atoms with Gasteiger partial charge in [-0.15, -0.1) is 0 Å². The molecule has 0 saturated heterocycles. The summed E-state index contributed by atoms with van der Waals surface area (Å²) < 4.78 is 5.85. The average Bonchev–Trinajstić information content (AvgIpc) is 3.38. The largest absolute Gasteiger partial charge is 0.435 e. The van der Waals surface area contributed by atoms with Crippen molar-refractivity contribution in [3.05, 3.63) is 73.2 Å². The summed E-state index contributed by atoms with van der Waals surface area (Å²) in [5.74, 6) is 1.23. The summed E-state index contributed by atoms with van der Waals surface area (Å²) in [6, 6.07) is 19.6. The van der Waals surface area contributed by atoms with Crippen molar-refractivity contribution < 1.29 is 4.42 Å². The van der Waals surface area contributed by atoms with Gasteiger partial charge in [0.25, 0.3) is 0 Å². The molecule has 26 heavy (non-hydrogen) atoms. The summed E-state index contributed by atoms with van der Waals surface area (Å²) in [4.78, 5) is 13.2. The van der Waals surface area contributed by atoms with E-state index in [1.54, 1.807) is 6.20 Å². The molecule has 0 fully saturated rings. The predicted molar refractivity (Wildman–Crippen MR) is 98.1 cm³/mol. The molecule has 5 rings (SSSR count). The smallest absolute Gasteiger partial charge is 0.246 e. The van der Waals surface area contributed by atoms with Crippen LogP contribution in [0.1, 0.15) is 0 Å². The Morgan fingerprint density at radius 2 is 1.69 bits per heavy atom. The van der Waals surface area contributed by atoms with Gasteiger partial charge >= 0.3 is 0 Å². The Bertz CT molecular complexity index is 1160. The molecule has 5 aromatic rings. The first-order valence-electron chi connectivity index (χ1n) is 8.15. The molecule has 0 saturated carbocycles. The van der Waals surface area contributed by atoms with Crippen molar-refractivity contribution in [3.8, 4) is 34.1 Å². The van der Waals surface area contributed by atoms with Crippen LogP contribution in [0.25, 0.3) is 45.2 Å². The first-order valence-corrected chi connectivity index (χ1v) is 8.15. The van der Waals surface area contributed by atoms with Gasteiger partial charge in [0.1, 0.15) is 17.5 Å². The Morgan fingerprint density at radius 3 is 2.54 bits per heavy atom. The van der Waals surface area contributed by atoms with Crippen LogP contribution < -0.4 is 0 Å². The lowest BCUT2D eigenvalue weighted by Gasteiger charge is -2.08. The van der Waals surface area contributed by atoms with Crippen LogP contribution in [0.5, 0.6) is 0 Å². The molecule has 6 heteroatoms. The van der Waals surface area contributed by atoms with Gasteiger partial charge in [-0.25, -0.2) is 9.97 Å². The van der Waals surface area contributed by atoms with E-state index in [4.69, 9.17) is 4.42 Å². The SMILES string of the molecule is c1ccc(-c2ncn[nH]2)c(-c2ccnc(-c3nc4ccccc4o3)c2)c1. The van der Waals surface area contributed by atoms with E-state index in [1.165, 1.54) is 6.33 Å². The van der Waals surface area contributed by atoms with Gasteiger partial charge in [0.05, 0.1) is 0 Å². The van der Waals surface area contributed by atoms with Gasteiger partial charge in [-0.1, -0.05) is 36.4 Å². The van der Waals surface area contributed by atoms with E-state index in [1.807, 2.05) is 60.7 Å². The lowest BCUT2D eigenvalue weighted by Crippen LogP contribution is -1.89. The van der Waals surface area contributed by atoms with Crippen LogP contribution in [0.3, 0.4) is 0 Å².